The van der Waals surface area contributed by atoms with Crippen molar-refractivity contribution in [2.75, 3.05) is 37.0 Å². The van der Waals surface area contributed by atoms with Gasteiger partial charge in [0.15, 0.2) is 5.58 Å². The molecule has 6 nitrogen and oxygen atoms in total. The van der Waals surface area contributed by atoms with E-state index in [-0.39, 0.29) is 12.8 Å². The average Bonchev–Trinajstić information content (AvgIpc) is 3.06. The molecule has 0 amide bonds. The molecule has 1 aliphatic rings. The van der Waals surface area contributed by atoms with Gasteiger partial charge >= 0.3 is 11.9 Å². The predicted octanol–water partition coefficient (Wildman–Crippen LogP) is 4.76. The Balaban J connectivity index is 1.44. The number of halogens is 3. The van der Waals surface area contributed by atoms with Gasteiger partial charge in [-0.1, -0.05) is 0 Å². The number of alkyl halides is 3. The second kappa shape index (κ2) is 8.66. The van der Waals surface area contributed by atoms with E-state index in [1.165, 1.54) is 4.57 Å². The number of oxazole rings is 1. The standard InChI is InChI=1S/C22H24F3N3O3/c1-30-13-12-28-19-14-17(4-7-20(19)31-21(28)29)26-16-2-5-18(6-3-16)27-10-8-15(9-11-27)22(23,24)25/h2-7,14-15,26H,8-13H2,1H3. The lowest BCUT2D eigenvalue weighted by atomic mass is 9.96. The summed E-state index contributed by atoms with van der Waals surface area (Å²) < 4.78 is 50.4. The van der Waals surface area contributed by atoms with Crippen molar-refractivity contribution >= 4 is 28.2 Å². The first-order valence-corrected chi connectivity index (χ1v) is 10.2. The molecular weight excluding hydrogens is 411 g/mol. The van der Waals surface area contributed by atoms with Gasteiger partial charge in [0.25, 0.3) is 0 Å². The fourth-order valence-corrected chi connectivity index (χ4v) is 3.92. The zero-order valence-corrected chi connectivity index (χ0v) is 17.1. The smallest absolute Gasteiger partial charge is 0.408 e. The quantitative estimate of drug-likeness (QED) is 0.605. The Labute approximate surface area is 177 Å². The number of rotatable bonds is 6. The van der Waals surface area contributed by atoms with Crippen LogP contribution in [-0.4, -0.2) is 37.5 Å². The van der Waals surface area contributed by atoms with Crippen LogP contribution in [0.15, 0.2) is 51.7 Å². The summed E-state index contributed by atoms with van der Waals surface area (Å²) in [5.74, 6) is -1.63. The third-order valence-electron chi connectivity index (χ3n) is 5.67. The number of hydrogen-bond acceptors (Lipinski definition) is 5. The Kier molecular flexibility index (Phi) is 5.95. The normalized spacial score (nSPS) is 15.5. The van der Waals surface area contributed by atoms with Gasteiger partial charge in [0.1, 0.15) is 0 Å². The van der Waals surface area contributed by atoms with Crippen LogP contribution in [0.25, 0.3) is 11.1 Å². The minimum atomic E-state index is -4.11. The van der Waals surface area contributed by atoms with E-state index in [9.17, 15) is 18.0 Å². The molecule has 0 radical (unpaired) electrons. The molecule has 0 aliphatic carbocycles. The van der Waals surface area contributed by atoms with Crippen LogP contribution in [0.1, 0.15) is 12.8 Å². The van der Waals surface area contributed by atoms with Crippen molar-refractivity contribution in [1.29, 1.82) is 0 Å². The van der Waals surface area contributed by atoms with Gasteiger partial charge in [-0.25, -0.2) is 4.79 Å². The average molecular weight is 435 g/mol. The molecule has 1 aromatic heterocycles. The number of benzene rings is 2. The summed E-state index contributed by atoms with van der Waals surface area (Å²) in [6, 6.07) is 13.0. The molecule has 0 unspecified atom stereocenters. The number of nitrogens with one attached hydrogen (secondary N) is 1. The van der Waals surface area contributed by atoms with Crippen molar-refractivity contribution in [3.05, 3.63) is 53.0 Å². The number of ether oxygens (including phenoxy) is 1. The van der Waals surface area contributed by atoms with Gasteiger partial charge < -0.3 is 19.4 Å². The lowest BCUT2D eigenvalue weighted by Gasteiger charge is -2.34. The van der Waals surface area contributed by atoms with Crippen LogP contribution in [0.4, 0.5) is 30.2 Å². The summed E-state index contributed by atoms with van der Waals surface area (Å²) in [6.45, 7) is 1.58. The van der Waals surface area contributed by atoms with Crippen molar-refractivity contribution < 1.29 is 22.3 Å². The first kappa shape index (κ1) is 21.3. The number of piperidine rings is 1. The summed E-state index contributed by atoms with van der Waals surface area (Å²) in [7, 11) is 1.57. The van der Waals surface area contributed by atoms with Crippen molar-refractivity contribution in [2.45, 2.75) is 25.6 Å². The SMILES string of the molecule is COCCn1c(=O)oc2ccc(Nc3ccc(N4CCC(C(F)(F)F)CC4)cc3)cc21. The zero-order valence-electron chi connectivity index (χ0n) is 17.1. The third kappa shape index (κ3) is 4.71. The number of methoxy groups -OCH3 is 1. The Hall–Kier alpha value is -2.94. The summed E-state index contributed by atoms with van der Waals surface area (Å²) in [4.78, 5) is 14.0. The Morgan fingerprint density at radius 1 is 1.10 bits per heavy atom. The van der Waals surface area contributed by atoms with Crippen LogP contribution in [0.5, 0.6) is 0 Å². The molecule has 2 heterocycles. The maximum atomic E-state index is 12.9. The summed E-state index contributed by atoms with van der Waals surface area (Å²) in [5.41, 5.74) is 3.71. The van der Waals surface area contributed by atoms with E-state index in [2.05, 4.69) is 5.32 Å². The summed E-state index contributed by atoms with van der Waals surface area (Å²) in [6.07, 6.45) is -3.86. The van der Waals surface area contributed by atoms with E-state index in [1.54, 1.807) is 13.2 Å². The number of anilines is 3. The highest BCUT2D eigenvalue weighted by Crippen LogP contribution is 2.35. The fourth-order valence-electron chi connectivity index (χ4n) is 3.92. The van der Waals surface area contributed by atoms with Gasteiger partial charge in [-0.05, 0) is 55.3 Å². The number of fused-ring (bicyclic) bond motifs is 1. The van der Waals surface area contributed by atoms with Gasteiger partial charge in [0.05, 0.1) is 24.6 Å². The molecular formula is C22H24F3N3O3. The number of aromatic nitrogens is 1. The largest absolute Gasteiger partial charge is 0.420 e. The molecule has 4 rings (SSSR count). The highest BCUT2D eigenvalue weighted by Gasteiger charge is 2.41. The topological polar surface area (TPSA) is 59.6 Å². The van der Waals surface area contributed by atoms with Crippen LogP contribution in [0, 0.1) is 5.92 Å². The van der Waals surface area contributed by atoms with Gasteiger partial charge in [-0.3, -0.25) is 4.57 Å². The second-order valence-corrected chi connectivity index (χ2v) is 7.67. The first-order valence-electron chi connectivity index (χ1n) is 10.2. The van der Waals surface area contributed by atoms with E-state index >= 15 is 0 Å². The Morgan fingerprint density at radius 2 is 1.77 bits per heavy atom. The molecule has 1 N–H and O–H groups in total. The van der Waals surface area contributed by atoms with E-state index in [4.69, 9.17) is 9.15 Å². The van der Waals surface area contributed by atoms with Crippen LogP contribution in [-0.2, 0) is 11.3 Å². The predicted molar refractivity (Wildman–Crippen MR) is 113 cm³/mol. The van der Waals surface area contributed by atoms with E-state index in [1.807, 2.05) is 41.3 Å². The van der Waals surface area contributed by atoms with Gasteiger partial charge in [0, 0.05) is 37.3 Å². The molecule has 0 spiro atoms. The number of hydrogen-bond donors (Lipinski definition) is 1. The molecule has 3 aromatic rings. The van der Waals surface area contributed by atoms with E-state index in [0.717, 1.165) is 17.1 Å². The second-order valence-electron chi connectivity index (χ2n) is 7.67. The molecule has 31 heavy (non-hydrogen) atoms. The lowest BCUT2D eigenvalue weighted by Crippen LogP contribution is -2.38. The van der Waals surface area contributed by atoms with Crippen LogP contribution < -0.4 is 16.0 Å². The minimum Gasteiger partial charge on any atom is -0.408 e. The van der Waals surface area contributed by atoms with Crippen molar-refractivity contribution in [3.8, 4) is 0 Å². The van der Waals surface area contributed by atoms with Gasteiger partial charge in [-0.2, -0.15) is 13.2 Å². The molecule has 1 aliphatic heterocycles. The van der Waals surface area contributed by atoms with Crippen LogP contribution in [0.2, 0.25) is 0 Å². The Bertz CT molecular complexity index is 1080. The maximum absolute atomic E-state index is 12.9. The molecule has 0 saturated carbocycles. The highest BCUT2D eigenvalue weighted by molar-refractivity contribution is 5.79. The zero-order chi connectivity index (χ0) is 22.0. The minimum absolute atomic E-state index is 0.124. The van der Waals surface area contributed by atoms with Crippen molar-refractivity contribution in [1.82, 2.24) is 4.57 Å². The van der Waals surface area contributed by atoms with Crippen molar-refractivity contribution in [3.63, 3.8) is 0 Å². The molecule has 2 aromatic carbocycles. The molecule has 0 bridgehead atoms. The molecule has 9 heteroatoms. The van der Waals surface area contributed by atoms with Crippen molar-refractivity contribution in [2.24, 2.45) is 5.92 Å². The van der Waals surface area contributed by atoms with Gasteiger partial charge in [-0.15, -0.1) is 0 Å². The summed E-state index contributed by atoms with van der Waals surface area (Å²) >= 11 is 0. The Morgan fingerprint density at radius 3 is 2.42 bits per heavy atom. The lowest BCUT2D eigenvalue weighted by molar-refractivity contribution is -0.179. The monoisotopic (exact) mass is 435 g/mol. The molecule has 1 saturated heterocycles. The third-order valence-corrected chi connectivity index (χ3v) is 5.67. The summed E-state index contributed by atoms with van der Waals surface area (Å²) in [5, 5.41) is 3.29. The maximum Gasteiger partial charge on any atom is 0.420 e. The van der Waals surface area contributed by atoms with Gasteiger partial charge in [0.2, 0.25) is 0 Å². The number of nitrogens with zero attached hydrogens (tertiary/aromatic N) is 2. The van der Waals surface area contributed by atoms with Crippen LogP contribution >= 0.6 is 0 Å². The van der Waals surface area contributed by atoms with Crippen LogP contribution in [0.3, 0.4) is 0 Å². The molecule has 0 atom stereocenters. The van der Waals surface area contributed by atoms with E-state index < -0.39 is 17.9 Å². The van der Waals surface area contributed by atoms with E-state index in [0.29, 0.717) is 37.3 Å². The molecule has 166 valence electrons. The fraction of sp³-hybridized carbons (Fsp3) is 0.409. The molecule has 1 fully saturated rings. The first-order chi connectivity index (χ1) is 14.8. The highest BCUT2D eigenvalue weighted by atomic mass is 19.4.